The van der Waals surface area contributed by atoms with Crippen LogP contribution in [0.4, 0.5) is 0 Å². The van der Waals surface area contributed by atoms with E-state index in [0.717, 1.165) is 15.8 Å². The lowest BCUT2D eigenvalue weighted by molar-refractivity contribution is 0.412. The maximum absolute atomic E-state index is 8.58. The van der Waals surface area contributed by atoms with Gasteiger partial charge in [-0.2, -0.15) is 5.26 Å². The number of ether oxygens (including phenoxy) is 1. The zero-order valence-corrected chi connectivity index (χ0v) is 9.84. The number of halogens is 1. The van der Waals surface area contributed by atoms with Crippen LogP contribution in [-0.4, -0.2) is 7.11 Å². The Morgan fingerprint density at radius 3 is 2.79 bits per heavy atom. The van der Waals surface area contributed by atoms with Crippen LogP contribution >= 0.6 is 15.9 Å². The smallest absolute Gasteiger partial charge is 0.133 e. The monoisotopic (exact) mass is 253 g/mol. The SMILES string of the molecule is COc1ccc(C(C)CC#N)cc1Br. The van der Waals surface area contributed by atoms with Gasteiger partial charge in [0.2, 0.25) is 0 Å². The Hall–Kier alpha value is -1.01. The second-order valence-corrected chi connectivity index (χ2v) is 4.01. The fraction of sp³-hybridized carbons (Fsp3) is 0.364. The molecule has 74 valence electrons. The van der Waals surface area contributed by atoms with E-state index in [0.29, 0.717) is 6.42 Å². The van der Waals surface area contributed by atoms with Gasteiger partial charge in [-0.15, -0.1) is 0 Å². The molecule has 0 saturated carbocycles. The molecule has 0 aliphatic heterocycles. The van der Waals surface area contributed by atoms with Crippen LogP contribution in [0.3, 0.4) is 0 Å². The average Bonchev–Trinajstić information content (AvgIpc) is 2.18. The number of hydrogen-bond acceptors (Lipinski definition) is 2. The van der Waals surface area contributed by atoms with Crippen molar-refractivity contribution in [1.29, 1.82) is 5.26 Å². The van der Waals surface area contributed by atoms with Crippen LogP contribution in [0, 0.1) is 11.3 Å². The molecule has 0 N–H and O–H groups in total. The molecule has 0 saturated heterocycles. The van der Waals surface area contributed by atoms with Crippen molar-refractivity contribution in [3.63, 3.8) is 0 Å². The molecule has 2 nitrogen and oxygen atoms in total. The maximum atomic E-state index is 8.58. The first kappa shape index (κ1) is 11.1. The lowest BCUT2D eigenvalue weighted by Gasteiger charge is -2.10. The predicted molar refractivity (Wildman–Crippen MR) is 59.3 cm³/mol. The molecule has 1 unspecified atom stereocenters. The molecule has 14 heavy (non-hydrogen) atoms. The molecule has 1 aromatic rings. The van der Waals surface area contributed by atoms with Crippen LogP contribution in [0.2, 0.25) is 0 Å². The van der Waals surface area contributed by atoms with Gasteiger partial charge in [0.15, 0.2) is 0 Å². The van der Waals surface area contributed by atoms with Gasteiger partial charge in [-0.1, -0.05) is 13.0 Å². The Balaban J connectivity index is 2.92. The fourth-order valence-corrected chi connectivity index (χ4v) is 1.80. The summed E-state index contributed by atoms with van der Waals surface area (Å²) in [6.07, 6.45) is 0.540. The molecular weight excluding hydrogens is 242 g/mol. The van der Waals surface area contributed by atoms with E-state index in [-0.39, 0.29) is 5.92 Å². The third-order valence-corrected chi connectivity index (χ3v) is 2.76. The summed E-state index contributed by atoms with van der Waals surface area (Å²) in [7, 11) is 1.64. The van der Waals surface area contributed by atoms with E-state index in [4.69, 9.17) is 10.00 Å². The summed E-state index contributed by atoms with van der Waals surface area (Å²) in [5, 5.41) is 8.58. The summed E-state index contributed by atoms with van der Waals surface area (Å²) in [5.41, 5.74) is 1.15. The first-order valence-electron chi connectivity index (χ1n) is 4.39. The number of rotatable bonds is 3. The summed E-state index contributed by atoms with van der Waals surface area (Å²) in [4.78, 5) is 0. The van der Waals surface area contributed by atoms with E-state index in [1.807, 2.05) is 25.1 Å². The largest absolute Gasteiger partial charge is 0.496 e. The lowest BCUT2D eigenvalue weighted by Crippen LogP contribution is -1.93. The van der Waals surface area contributed by atoms with Crippen molar-refractivity contribution in [2.24, 2.45) is 0 Å². The van der Waals surface area contributed by atoms with Crippen molar-refractivity contribution in [2.75, 3.05) is 7.11 Å². The van der Waals surface area contributed by atoms with E-state index in [1.54, 1.807) is 7.11 Å². The molecule has 0 aliphatic carbocycles. The number of nitriles is 1. The van der Waals surface area contributed by atoms with Gasteiger partial charge < -0.3 is 4.74 Å². The summed E-state index contributed by atoms with van der Waals surface area (Å²) in [5.74, 6) is 1.08. The van der Waals surface area contributed by atoms with E-state index in [9.17, 15) is 0 Å². The van der Waals surface area contributed by atoms with Crippen molar-refractivity contribution >= 4 is 15.9 Å². The molecule has 0 fully saturated rings. The molecule has 0 amide bonds. The van der Waals surface area contributed by atoms with Crippen molar-refractivity contribution in [3.8, 4) is 11.8 Å². The first-order chi connectivity index (χ1) is 6.69. The van der Waals surface area contributed by atoms with E-state index < -0.39 is 0 Å². The molecule has 1 aromatic carbocycles. The third kappa shape index (κ3) is 2.49. The zero-order valence-electron chi connectivity index (χ0n) is 8.25. The Labute approximate surface area is 92.6 Å². The minimum Gasteiger partial charge on any atom is -0.496 e. The number of benzene rings is 1. The minimum absolute atomic E-state index is 0.266. The molecule has 0 bridgehead atoms. The molecule has 1 rings (SSSR count). The Kier molecular flexibility index (Phi) is 3.97. The summed E-state index contributed by atoms with van der Waals surface area (Å²) < 4.78 is 6.06. The van der Waals surface area contributed by atoms with E-state index in [1.165, 1.54) is 0 Å². The van der Waals surface area contributed by atoms with Crippen LogP contribution in [0.5, 0.6) is 5.75 Å². The summed E-state index contributed by atoms with van der Waals surface area (Å²) in [6.45, 7) is 2.04. The van der Waals surface area contributed by atoms with Crippen LogP contribution in [0.25, 0.3) is 0 Å². The molecule has 0 radical (unpaired) electrons. The number of nitrogens with zero attached hydrogens (tertiary/aromatic N) is 1. The highest BCUT2D eigenvalue weighted by Crippen LogP contribution is 2.29. The van der Waals surface area contributed by atoms with Gasteiger partial charge in [0.05, 0.1) is 17.7 Å². The predicted octanol–water partition coefficient (Wildman–Crippen LogP) is 3.47. The average molecular weight is 254 g/mol. The topological polar surface area (TPSA) is 33.0 Å². The van der Waals surface area contributed by atoms with E-state index >= 15 is 0 Å². The van der Waals surface area contributed by atoms with Crippen molar-refractivity contribution < 1.29 is 4.74 Å². The normalized spacial score (nSPS) is 11.9. The zero-order chi connectivity index (χ0) is 10.6. The van der Waals surface area contributed by atoms with Crippen LogP contribution in [-0.2, 0) is 0 Å². The first-order valence-corrected chi connectivity index (χ1v) is 5.18. The van der Waals surface area contributed by atoms with E-state index in [2.05, 4.69) is 22.0 Å². The van der Waals surface area contributed by atoms with Gasteiger partial charge in [-0.05, 0) is 39.5 Å². The molecule has 0 spiro atoms. The van der Waals surface area contributed by atoms with Gasteiger partial charge in [-0.3, -0.25) is 0 Å². The van der Waals surface area contributed by atoms with Gasteiger partial charge >= 0.3 is 0 Å². The Bertz CT molecular complexity index is 357. The highest BCUT2D eigenvalue weighted by molar-refractivity contribution is 9.10. The minimum atomic E-state index is 0.266. The van der Waals surface area contributed by atoms with Crippen LogP contribution in [0.15, 0.2) is 22.7 Å². The van der Waals surface area contributed by atoms with Gasteiger partial charge in [0.25, 0.3) is 0 Å². The van der Waals surface area contributed by atoms with Crippen molar-refractivity contribution in [3.05, 3.63) is 28.2 Å². The molecular formula is C11H12BrNO. The van der Waals surface area contributed by atoms with Gasteiger partial charge in [-0.25, -0.2) is 0 Å². The molecule has 0 heterocycles. The highest BCUT2D eigenvalue weighted by Gasteiger charge is 2.07. The maximum Gasteiger partial charge on any atom is 0.133 e. The molecule has 3 heteroatoms. The Morgan fingerprint density at radius 2 is 2.29 bits per heavy atom. The molecule has 0 aromatic heterocycles. The quantitative estimate of drug-likeness (QED) is 0.827. The third-order valence-electron chi connectivity index (χ3n) is 2.14. The van der Waals surface area contributed by atoms with Crippen LogP contribution < -0.4 is 4.74 Å². The second-order valence-electron chi connectivity index (χ2n) is 3.16. The van der Waals surface area contributed by atoms with Crippen molar-refractivity contribution in [2.45, 2.75) is 19.3 Å². The number of hydrogen-bond donors (Lipinski definition) is 0. The van der Waals surface area contributed by atoms with Gasteiger partial charge in [0.1, 0.15) is 5.75 Å². The highest BCUT2D eigenvalue weighted by atomic mass is 79.9. The molecule has 0 aliphatic rings. The summed E-state index contributed by atoms with van der Waals surface area (Å²) in [6, 6.07) is 8.07. The summed E-state index contributed by atoms with van der Waals surface area (Å²) >= 11 is 3.42. The van der Waals surface area contributed by atoms with Crippen molar-refractivity contribution in [1.82, 2.24) is 0 Å². The van der Waals surface area contributed by atoms with Crippen LogP contribution in [0.1, 0.15) is 24.8 Å². The molecule has 1 atom stereocenters. The van der Waals surface area contributed by atoms with Gasteiger partial charge in [0, 0.05) is 6.42 Å². The second kappa shape index (κ2) is 5.02. The fourth-order valence-electron chi connectivity index (χ4n) is 1.24. The standard InChI is InChI=1S/C11H12BrNO/c1-8(5-6-13)9-3-4-11(14-2)10(12)7-9/h3-4,7-8H,5H2,1-2H3. The Morgan fingerprint density at radius 1 is 1.57 bits per heavy atom. The number of methoxy groups -OCH3 is 1. The lowest BCUT2D eigenvalue weighted by atomic mass is 9.99.